The lowest BCUT2D eigenvalue weighted by molar-refractivity contribution is 0.0728. The third kappa shape index (κ3) is 4.60. The first-order valence-electron chi connectivity index (χ1n) is 11.1. The number of benzene rings is 1. The van der Waals surface area contributed by atoms with Gasteiger partial charge in [-0.2, -0.15) is 0 Å². The molecule has 0 unspecified atom stereocenters. The summed E-state index contributed by atoms with van der Waals surface area (Å²) in [5.74, 6) is -1.20. The molecule has 0 spiro atoms. The molecule has 4 rings (SSSR count). The maximum absolute atomic E-state index is 14.4. The number of aromatic nitrogens is 3. The Balaban J connectivity index is 1.69. The second kappa shape index (κ2) is 9.54. The molecule has 1 aromatic carbocycles. The van der Waals surface area contributed by atoms with Gasteiger partial charge in [-0.3, -0.25) is 4.79 Å². The first kappa shape index (κ1) is 21.4. The maximum Gasteiger partial charge on any atom is 0.257 e. The van der Waals surface area contributed by atoms with E-state index in [1.54, 1.807) is 11.1 Å². The summed E-state index contributed by atoms with van der Waals surface area (Å²) in [4.78, 5) is 24.2. The molecule has 0 atom stereocenters. The number of halogens is 2. The Morgan fingerprint density at radius 1 is 1.19 bits per heavy atom. The number of carbonyl (C=O) groups is 1. The van der Waals surface area contributed by atoms with Gasteiger partial charge in [0.1, 0.15) is 23.0 Å². The van der Waals surface area contributed by atoms with Crippen molar-refractivity contribution >= 4 is 17.1 Å². The van der Waals surface area contributed by atoms with E-state index >= 15 is 0 Å². The Kier molecular flexibility index (Phi) is 6.59. The zero-order chi connectivity index (χ0) is 21.8. The van der Waals surface area contributed by atoms with E-state index in [1.807, 2.05) is 12.1 Å². The Labute approximate surface area is 181 Å². The highest BCUT2D eigenvalue weighted by Gasteiger charge is 2.26. The van der Waals surface area contributed by atoms with Crippen molar-refractivity contribution in [2.45, 2.75) is 64.5 Å². The fourth-order valence-corrected chi connectivity index (χ4v) is 4.44. The number of hydrogen-bond donors (Lipinski definition) is 0. The van der Waals surface area contributed by atoms with Crippen molar-refractivity contribution in [1.82, 2.24) is 19.4 Å². The number of amides is 1. The van der Waals surface area contributed by atoms with Crippen LogP contribution < -0.4 is 0 Å². The summed E-state index contributed by atoms with van der Waals surface area (Å²) >= 11 is 0. The highest BCUT2D eigenvalue weighted by Crippen LogP contribution is 2.33. The fraction of sp³-hybridized carbons (Fsp3) is 0.458. The summed E-state index contributed by atoms with van der Waals surface area (Å²) in [5, 5.41) is 0. The lowest BCUT2D eigenvalue weighted by Crippen LogP contribution is -2.33. The van der Waals surface area contributed by atoms with Crippen LogP contribution in [0, 0.1) is 11.6 Å². The highest BCUT2D eigenvalue weighted by atomic mass is 19.1. The summed E-state index contributed by atoms with van der Waals surface area (Å²) in [6.07, 6.45) is 9.00. The number of imidazole rings is 1. The van der Waals surface area contributed by atoms with Crippen LogP contribution in [0.1, 0.15) is 74.1 Å². The molecule has 0 saturated heterocycles. The molecule has 2 heterocycles. The zero-order valence-corrected chi connectivity index (χ0v) is 17.9. The second-order valence-corrected chi connectivity index (χ2v) is 8.24. The van der Waals surface area contributed by atoms with Crippen LogP contribution in [0.25, 0.3) is 11.2 Å². The SMILES string of the molecule is CCCCCN(Cc1nc2cccnc2n1C1CCCC1)C(=O)c1ccc(F)cc1F. The molecular weight excluding hydrogens is 398 g/mol. The number of hydrogen-bond acceptors (Lipinski definition) is 3. The molecule has 0 N–H and O–H groups in total. The van der Waals surface area contributed by atoms with Crippen LogP contribution >= 0.6 is 0 Å². The van der Waals surface area contributed by atoms with E-state index in [-0.39, 0.29) is 12.1 Å². The van der Waals surface area contributed by atoms with Crippen LogP contribution in [-0.2, 0) is 6.54 Å². The van der Waals surface area contributed by atoms with Gasteiger partial charge in [-0.1, -0.05) is 32.6 Å². The van der Waals surface area contributed by atoms with Crippen molar-refractivity contribution in [3.8, 4) is 0 Å². The molecule has 1 fully saturated rings. The standard InChI is InChI=1S/C24H28F2N4O/c1-2-3-6-14-29(24(31)19-12-11-17(25)15-20(19)26)16-22-28-21-10-7-13-27-23(21)30(22)18-8-4-5-9-18/h7,10-13,15,18H,2-6,8-9,14,16H2,1H3. The Morgan fingerprint density at radius 3 is 2.74 bits per heavy atom. The molecule has 1 amide bonds. The number of unbranched alkanes of at least 4 members (excludes halogenated alkanes) is 2. The predicted molar refractivity (Wildman–Crippen MR) is 116 cm³/mol. The molecule has 2 aromatic heterocycles. The molecule has 0 bridgehead atoms. The van der Waals surface area contributed by atoms with E-state index < -0.39 is 17.5 Å². The van der Waals surface area contributed by atoms with E-state index in [0.29, 0.717) is 12.6 Å². The van der Waals surface area contributed by atoms with Crippen molar-refractivity contribution in [3.05, 3.63) is 59.6 Å². The molecule has 5 nitrogen and oxygen atoms in total. The minimum atomic E-state index is -0.837. The third-order valence-corrected chi connectivity index (χ3v) is 6.02. The molecule has 1 aliphatic carbocycles. The van der Waals surface area contributed by atoms with Gasteiger partial charge >= 0.3 is 0 Å². The van der Waals surface area contributed by atoms with Gasteiger partial charge in [0.25, 0.3) is 5.91 Å². The highest BCUT2D eigenvalue weighted by molar-refractivity contribution is 5.94. The average molecular weight is 427 g/mol. The van der Waals surface area contributed by atoms with Crippen molar-refractivity contribution in [2.24, 2.45) is 0 Å². The van der Waals surface area contributed by atoms with Gasteiger partial charge in [-0.05, 0) is 43.5 Å². The summed E-state index contributed by atoms with van der Waals surface area (Å²) in [6.45, 7) is 2.86. The molecule has 1 saturated carbocycles. The molecule has 3 aromatic rings. The van der Waals surface area contributed by atoms with Crippen molar-refractivity contribution in [3.63, 3.8) is 0 Å². The first-order chi connectivity index (χ1) is 15.1. The summed E-state index contributed by atoms with van der Waals surface area (Å²) < 4.78 is 29.9. The van der Waals surface area contributed by atoms with Crippen molar-refractivity contribution in [1.29, 1.82) is 0 Å². The van der Waals surface area contributed by atoms with Crippen LogP contribution in [-0.4, -0.2) is 31.9 Å². The molecule has 31 heavy (non-hydrogen) atoms. The van der Waals surface area contributed by atoms with E-state index in [2.05, 4.69) is 16.5 Å². The largest absolute Gasteiger partial charge is 0.331 e. The number of carbonyl (C=O) groups excluding carboxylic acids is 1. The predicted octanol–water partition coefficient (Wildman–Crippen LogP) is 5.66. The van der Waals surface area contributed by atoms with Gasteiger partial charge in [0.2, 0.25) is 0 Å². The first-order valence-corrected chi connectivity index (χ1v) is 11.1. The van der Waals surface area contributed by atoms with Crippen molar-refractivity contribution < 1.29 is 13.6 Å². The van der Waals surface area contributed by atoms with Crippen LogP contribution in [0.2, 0.25) is 0 Å². The fourth-order valence-electron chi connectivity index (χ4n) is 4.44. The number of nitrogens with zero attached hydrogens (tertiary/aromatic N) is 4. The number of fused-ring (bicyclic) bond motifs is 1. The van der Waals surface area contributed by atoms with Gasteiger partial charge in [-0.25, -0.2) is 18.7 Å². The molecule has 164 valence electrons. The van der Waals surface area contributed by atoms with E-state index in [1.165, 1.54) is 6.07 Å². The van der Waals surface area contributed by atoms with E-state index in [4.69, 9.17) is 4.98 Å². The quantitative estimate of drug-likeness (QED) is 0.437. The Morgan fingerprint density at radius 2 is 2.00 bits per heavy atom. The van der Waals surface area contributed by atoms with Crippen LogP contribution in [0.15, 0.2) is 36.5 Å². The molecule has 0 radical (unpaired) electrons. The van der Waals surface area contributed by atoms with Gasteiger partial charge < -0.3 is 9.47 Å². The maximum atomic E-state index is 14.4. The minimum Gasteiger partial charge on any atom is -0.331 e. The minimum absolute atomic E-state index is 0.112. The second-order valence-electron chi connectivity index (χ2n) is 8.24. The van der Waals surface area contributed by atoms with Gasteiger partial charge in [0.05, 0.1) is 12.1 Å². The van der Waals surface area contributed by atoms with Crippen LogP contribution in [0.4, 0.5) is 8.78 Å². The van der Waals surface area contributed by atoms with Gasteiger partial charge in [0.15, 0.2) is 5.65 Å². The topological polar surface area (TPSA) is 51.0 Å². The summed E-state index contributed by atoms with van der Waals surface area (Å²) in [6, 6.07) is 7.20. The molecule has 1 aliphatic rings. The number of pyridine rings is 1. The normalized spacial score (nSPS) is 14.4. The molecular formula is C24H28F2N4O. The van der Waals surface area contributed by atoms with E-state index in [0.717, 1.165) is 74.1 Å². The summed E-state index contributed by atoms with van der Waals surface area (Å²) in [7, 11) is 0. The Bertz CT molecular complexity index is 1060. The zero-order valence-electron chi connectivity index (χ0n) is 17.9. The third-order valence-electron chi connectivity index (χ3n) is 6.02. The monoisotopic (exact) mass is 426 g/mol. The lowest BCUT2D eigenvalue weighted by Gasteiger charge is -2.24. The van der Waals surface area contributed by atoms with Crippen molar-refractivity contribution in [2.75, 3.05) is 6.54 Å². The van der Waals surface area contributed by atoms with Crippen LogP contribution in [0.5, 0.6) is 0 Å². The summed E-state index contributed by atoms with van der Waals surface area (Å²) in [5.41, 5.74) is 1.52. The Hall–Kier alpha value is -2.83. The number of rotatable bonds is 8. The molecule has 0 aliphatic heterocycles. The molecule has 7 heteroatoms. The van der Waals surface area contributed by atoms with Gasteiger partial charge in [0, 0.05) is 24.8 Å². The smallest absolute Gasteiger partial charge is 0.257 e. The van der Waals surface area contributed by atoms with Crippen LogP contribution in [0.3, 0.4) is 0 Å². The average Bonchev–Trinajstić information content (AvgIpc) is 3.40. The lowest BCUT2D eigenvalue weighted by atomic mass is 10.1. The van der Waals surface area contributed by atoms with Gasteiger partial charge in [-0.15, -0.1) is 0 Å². The van der Waals surface area contributed by atoms with E-state index in [9.17, 15) is 13.6 Å².